The van der Waals surface area contributed by atoms with E-state index >= 15 is 0 Å². The van der Waals surface area contributed by atoms with Crippen molar-refractivity contribution in [1.29, 1.82) is 0 Å². The lowest BCUT2D eigenvalue weighted by Crippen LogP contribution is -2.38. The molecule has 1 atom stereocenters. The molecule has 23 heavy (non-hydrogen) atoms. The molecule has 1 unspecified atom stereocenters. The van der Waals surface area contributed by atoms with Gasteiger partial charge in [-0.2, -0.15) is 0 Å². The number of nitrogens with zero attached hydrogens (tertiary/aromatic N) is 2. The van der Waals surface area contributed by atoms with Gasteiger partial charge < -0.3 is 14.6 Å². The lowest BCUT2D eigenvalue weighted by molar-refractivity contribution is -0.127. The number of imidazole rings is 1. The van der Waals surface area contributed by atoms with E-state index in [4.69, 9.17) is 16.3 Å². The third-order valence-electron chi connectivity index (χ3n) is 3.58. The van der Waals surface area contributed by atoms with Gasteiger partial charge in [0.25, 0.3) is 5.91 Å². The van der Waals surface area contributed by atoms with E-state index in [2.05, 4.69) is 17.2 Å². The number of hydrogen-bond acceptors (Lipinski definition) is 3. The lowest BCUT2D eigenvalue weighted by atomic mass is 10.2. The van der Waals surface area contributed by atoms with E-state index in [1.165, 1.54) is 0 Å². The second-order valence-electron chi connectivity index (χ2n) is 5.35. The number of amides is 1. The summed E-state index contributed by atoms with van der Waals surface area (Å²) in [6.07, 6.45) is 4.00. The normalized spacial score (nSPS) is 12.0. The van der Waals surface area contributed by atoms with Crippen LogP contribution in [0.1, 0.15) is 25.2 Å². The zero-order valence-electron chi connectivity index (χ0n) is 13.7. The average Bonchev–Trinajstić information content (AvgIpc) is 2.97. The van der Waals surface area contributed by atoms with Gasteiger partial charge in [-0.25, -0.2) is 4.98 Å². The summed E-state index contributed by atoms with van der Waals surface area (Å²) < 4.78 is 7.74. The number of aryl methyl sites for hydroxylation is 2. The molecular weight excluding hydrogens is 314 g/mol. The van der Waals surface area contributed by atoms with Crippen LogP contribution >= 0.6 is 11.6 Å². The first-order valence-electron chi connectivity index (χ1n) is 7.71. The Balaban J connectivity index is 1.83. The molecule has 1 amide bonds. The topological polar surface area (TPSA) is 56.2 Å². The minimum Gasteiger partial charge on any atom is -0.481 e. The number of carbonyl (C=O) groups is 1. The summed E-state index contributed by atoms with van der Waals surface area (Å²) in [7, 11) is 0. The molecule has 1 aromatic carbocycles. The van der Waals surface area contributed by atoms with Crippen LogP contribution in [-0.4, -0.2) is 28.1 Å². The summed E-state index contributed by atoms with van der Waals surface area (Å²) in [4.78, 5) is 16.4. The minimum atomic E-state index is -0.566. The maximum Gasteiger partial charge on any atom is 0.260 e. The van der Waals surface area contributed by atoms with Crippen molar-refractivity contribution in [3.8, 4) is 5.75 Å². The van der Waals surface area contributed by atoms with Gasteiger partial charge in [0.1, 0.15) is 11.6 Å². The molecule has 0 aliphatic heterocycles. The van der Waals surface area contributed by atoms with Crippen LogP contribution in [0.2, 0.25) is 5.02 Å². The predicted octanol–water partition coefficient (Wildman–Crippen LogP) is 2.99. The molecule has 0 fully saturated rings. The highest BCUT2D eigenvalue weighted by Gasteiger charge is 2.15. The Hall–Kier alpha value is -2.01. The van der Waals surface area contributed by atoms with Crippen molar-refractivity contribution in [2.75, 3.05) is 6.54 Å². The summed E-state index contributed by atoms with van der Waals surface area (Å²) in [6, 6.07) is 5.34. The van der Waals surface area contributed by atoms with E-state index in [9.17, 15) is 4.79 Å². The van der Waals surface area contributed by atoms with Crippen LogP contribution in [-0.2, 0) is 17.8 Å². The fourth-order valence-electron chi connectivity index (χ4n) is 2.29. The largest absolute Gasteiger partial charge is 0.481 e. The highest BCUT2D eigenvalue weighted by atomic mass is 35.5. The van der Waals surface area contributed by atoms with Crippen molar-refractivity contribution < 1.29 is 9.53 Å². The van der Waals surface area contributed by atoms with Crippen LogP contribution in [0.15, 0.2) is 30.6 Å². The molecule has 2 rings (SSSR count). The van der Waals surface area contributed by atoms with Crippen molar-refractivity contribution >= 4 is 17.5 Å². The van der Waals surface area contributed by atoms with Crippen molar-refractivity contribution in [3.05, 3.63) is 47.0 Å². The van der Waals surface area contributed by atoms with E-state index < -0.39 is 6.10 Å². The Labute approximate surface area is 141 Å². The molecule has 0 saturated heterocycles. The van der Waals surface area contributed by atoms with Crippen LogP contribution in [0, 0.1) is 6.92 Å². The highest BCUT2D eigenvalue weighted by molar-refractivity contribution is 6.30. The highest BCUT2D eigenvalue weighted by Crippen LogP contribution is 2.22. The summed E-state index contributed by atoms with van der Waals surface area (Å²) in [5, 5.41) is 3.54. The number of benzene rings is 1. The number of nitrogens with one attached hydrogen (secondary N) is 1. The van der Waals surface area contributed by atoms with E-state index in [0.717, 1.165) is 17.8 Å². The third kappa shape index (κ3) is 4.73. The van der Waals surface area contributed by atoms with Gasteiger partial charge in [0.2, 0.25) is 0 Å². The molecule has 1 heterocycles. The maximum absolute atomic E-state index is 12.1. The van der Waals surface area contributed by atoms with Crippen LogP contribution in [0.5, 0.6) is 5.75 Å². The molecular formula is C17H22ClN3O2. The molecule has 1 aromatic heterocycles. The van der Waals surface area contributed by atoms with E-state index in [1.54, 1.807) is 25.3 Å². The van der Waals surface area contributed by atoms with Crippen LogP contribution in [0.25, 0.3) is 0 Å². The first-order valence-corrected chi connectivity index (χ1v) is 8.09. The fourth-order valence-corrected chi connectivity index (χ4v) is 2.52. The predicted molar refractivity (Wildman–Crippen MR) is 90.9 cm³/mol. The number of aromatic nitrogens is 2. The van der Waals surface area contributed by atoms with Gasteiger partial charge in [-0.15, -0.1) is 0 Å². The Morgan fingerprint density at radius 1 is 1.48 bits per heavy atom. The smallest absolute Gasteiger partial charge is 0.260 e. The van der Waals surface area contributed by atoms with Crippen molar-refractivity contribution in [3.63, 3.8) is 0 Å². The molecule has 0 aliphatic rings. The van der Waals surface area contributed by atoms with Crippen LogP contribution in [0.4, 0.5) is 0 Å². The number of rotatable bonds is 7. The van der Waals surface area contributed by atoms with E-state index in [0.29, 0.717) is 23.9 Å². The van der Waals surface area contributed by atoms with Gasteiger partial charge >= 0.3 is 0 Å². The van der Waals surface area contributed by atoms with Crippen LogP contribution < -0.4 is 10.1 Å². The van der Waals surface area contributed by atoms with Gasteiger partial charge in [-0.1, -0.05) is 18.5 Å². The molecule has 124 valence electrons. The SMILES string of the molecule is CCc1nccn1CCNC(=O)C(C)Oc1ccc(Cl)cc1C. The van der Waals surface area contributed by atoms with Gasteiger partial charge in [-0.3, -0.25) is 4.79 Å². The first kappa shape index (κ1) is 17.3. The number of ether oxygens (including phenoxy) is 1. The molecule has 0 spiro atoms. The number of carbonyl (C=O) groups excluding carboxylic acids is 1. The van der Waals surface area contributed by atoms with E-state index in [1.807, 2.05) is 23.8 Å². The molecule has 6 heteroatoms. The Morgan fingerprint density at radius 2 is 2.26 bits per heavy atom. The second-order valence-corrected chi connectivity index (χ2v) is 5.79. The second kappa shape index (κ2) is 8.02. The monoisotopic (exact) mass is 335 g/mol. The Morgan fingerprint density at radius 3 is 2.96 bits per heavy atom. The zero-order chi connectivity index (χ0) is 16.8. The zero-order valence-corrected chi connectivity index (χ0v) is 14.4. The minimum absolute atomic E-state index is 0.141. The summed E-state index contributed by atoms with van der Waals surface area (Å²) in [5.74, 6) is 1.54. The van der Waals surface area contributed by atoms with Crippen molar-refractivity contribution in [2.45, 2.75) is 39.8 Å². The van der Waals surface area contributed by atoms with Crippen molar-refractivity contribution in [2.24, 2.45) is 0 Å². The molecule has 0 aliphatic carbocycles. The van der Waals surface area contributed by atoms with Crippen LogP contribution in [0.3, 0.4) is 0 Å². The summed E-state index contributed by atoms with van der Waals surface area (Å²) in [5.41, 5.74) is 0.906. The maximum atomic E-state index is 12.1. The molecule has 0 radical (unpaired) electrons. The molecule has 0 saturated carbocycles. The van der Waals surface area contributed by atoms with Gasteiger partial charge in [0.05, 0.1) is 0 Å². The third-order valence-corrected chi connectivity index (χ3v) is 3.81. The summed E-state index contributed by atoms with van der Waals surface area (Å²) >= 11 is 5.92. The van der Waals surface area contributed by atoms with E-state index in [-0.39, 0.29) is 5.91 Å². The number of hydrogen-bond donors (Lipinski definition) is 1. The van der Waals surface area contributed by atoms with Gasteiger partial charge in [-0.05, 0) is 37.6 Å². The quantitative estimate of drug-likeness (QED) is 0.846. The van der Waals surface area contributed by atoms with Gasteiger partial charge in [0, 0.05) is 36.9 Å². The Kier molecular flexibility index (Phi) is 6.04. The average molecular weight is 336 g/mol. The standard InChI is InChI=1S/C17H22ClN3O2/c1-4-16-19-7-9-21(16)10-8-20-17(22)13(3)23-15-6-5-14(18)11-12(15)2/h5-7,9,11,13H,4,8,10H2,1-3H3,(H,20,22). The molecule has 2 aromatic rings. The number of halogens is 1. The summed E-state index contributed by atoms with van der Waals surface area (Å²) in [6.45, 7) is 6.92. The Bertz CT molecular complexity index is 670. The molecule has 5 nitrogen and oxygen atoms in total. The van der Waals surface area contributed by atoms with Gasteiger partial charge in [0.15, 0.2) is 6.10 Å². The first-order chi connectivity index (χ1) is 11.0. The molecule has 1 N–H and O–H groups in total. The van der Waals surface area contributed by atoms with Crippen molar-refractivity contribution in [1.82, 2.24) is 14.9 Å². The molecule has 0 bridgehead atoms. The fraction of sp³-hybridized carbons (Fsp3) is 0.412. The lowest BCUT2D eigenvalue weighted by Gasteiger charge is -2.16.